The molecule has 0 radical (unpaired) electrons. The first-order chi connectivity index (χ1) is 9.56. The van der Waals surface area contributed by atoms with Gasteiger partial charge in [0.25, 0.3) is 0 Å². The largest absolute Gasteiger partial charge is 0.493 e. The topological polar surface area (TPSA) is 76.0 Å². The van der Waals surface area contributed by atoms with Gasteiger partial charge in [-0.2, -0.15) is 0 Å². The smallest absolute Gasteiger partial charge is 0.309 e. The molecule has 0 aromatic heterocycles. The number of carbonyl (C=O) groups is 1. The average molecular weight is 282 g/mol. The van der Waals surface area contributed by atoms with Crippen LogP contribution in [0.25, 0.3) is 0 Å². The Labute approximate surface area is 119 Å². The third-order valence-corrected chi connectivity index (χ3v) is 3.32. The second-order valence-corrected chi connectivity index (χ2v) is 4.61. The molecular weight excluding hydrogens is 260 g/mol. The quantitative estimate of drug-likeness (QED) is 0.766. The van der Waals surface area contributed by atoms with E-state index in [9.17, 15) is 15.0 Å². The Morgan fingerprint density at radius 3 is 2.50 bits per heavy atom. The van der Waals surface area contributed by atoms with E-state index >= 15 is 0 Å². The van der Waals surface area contributed by atoms with Gasteiger partial charge in [-0.1, -0.05) is 31.9 Å². The first-order valence-corrected chi connectivity index (χ1v) is 6.68. The van der Waals surface area contributed by atoms with Gasteiger partial charge in [0, 0.05) is 5.56 Å². The highest BCUT2D eigenvalue weighted by atomic mass is 16.5. The molecule has 1 rings (SSSR count). The fourth-order valence-corrected chi connectivity index (χ4v) is 2.20. The lowest BCUT2D eigenvalue weighted by molar-refractivity contribution is -0.146. The SMILES string of the molecule is CCCCC(C(=O)O)C(O)c1cccc(OC)c1OC. The van der Waals surface area contributed by atoms with Gasteiger partial charge in [0.05, 0.1) is 26.2 Å². The number of aliphatic carboxylic acids is 1. The number of rotatable bonds is 8. The van der Waals surface area contributed by atoms with Gasteiger partial charge in [0.1, 0.15) is 0 Å². The molecule has 2 atom stereocenters. The first kappa shape index (κ1) is 16.3. The Morgan fingerprint density at radius 1 is 1.30 bits per heavy atom. The van der Waals surface area contributed by atoms with Crippen molar-refractivity contribution in [3.05, 3.63) is 23.8 Å². The standard InChI is InChI=1S/C15H22O5/c1-4-5-7-11(15(17)18)13(16)10-8-6-9-12(19-2)14(10)20-3/h6,8-9,11,13,16H,4-5,7H2,1-3H3,(H,17,18). The molecule has 0 heterocycles. The predicted molar refractivity (Wildman–Crippen MR) is 75.2 cm³/mol. The fourth-order valence-electron chi connectivity index (χ4n) is 2.20. The van der Waals surface area contributed by atoms with E-state index < -0.39 is 18.0 Å². The van der Waals surface area contributed by atoms with Gasteiger partial charge in [-0.25, -0.2) is 0 Å². The number of carboxylic acids is 1. The van der Waals surface area contributed by atoms with Crippen molar-refractivity contribution in [3.63, 3.8) is 0 Å². The maximum atomic E-state index is 11.3. The summed E-state index contributed by atoms with van der Waals surface area (Å²) in [6.45, 7) is 1.98. The highest BCUT2D eigenvalue weighted by molar-refractivity contribution is 5.71. The van der Waals surface area contributed by atoms with Gasteiger partial charge in [-0.3, -0.25) is 4.79 Å². The molecule has 0 fully saturated rings. The second-order valence-electron chi connectivity index (χ2n) is 4.61. The highest BCUT2D eigenvalue weighted by Gasteiger charge is 2.30. The van der Waals surface area contributed by atoms with Gasteiger partial charge < -0.3 is 19.7 Å². The Kier molecular flexibility index (Phi) is 6.31. The first-order valence-electron chi connectivity index (χ1n) is 6.68. The van der Waals surface area contributed by atoms with Crippen molar-refractivity contribution >= 4 is 5.97 Å². The van der Waals surface area contributed by atoms with Gasteiger partial charge in [-0.05, 0) is 12.5 Å². The minimum Gasteiger partial charge on any atom is -0.493 e. The number of methoxy groups -OCH3 is 2. The molecule has 0 saturated carbocycles. The minimum atomic E-state index is -1.12. The highest BCUT2D eigenvalue weighted by Crippen LogP contribution is 2.38. The predicted octanol–water partition coefficient (Wildman–Crippen LogP) is 2.63. The molecule has 2 N–H and O–H groups in total. The van der Waals surface area contributed by atoms with Crippen LogP contribution in [0, 0.1) is 5.92 Å². The van der Waals surface area contributed by atoms with Crippen molar-refractivity contribution in [1.82, 2.24) is 0 Å². The van der Waals surface area contributed by atoms with Crippen molar-refractivity contribution in [2.75, 3.05) is 14.2 Å². The van der Waals surface area contributed by atoms with E-state index in [1.165, 1.54) is 14.2 Å². The molecule has 0 aliphatic heterocycles. The van der Waals surface area contributed by atoms with Gasteiger partial charge >= 0.3 is 5.97 Å². The molecule has 0 spiro atoms. The van der Waals surface area contributed by atoms with Crippen LogP contribution in [0.15, 0.2) is 18.2 Å². The molecule has 1 aromatic rings. The van der Waals surface area contributed by atoms with E-state index in [0.717, 1.165) is 12.8 Å². The average Bonchev–Trinajstić information content (AvgIpc) is 2.45. The van der Waals surface area contributed by atoms with Crippen LogP contribution in [0.5, 0.6) is 11.5 Å². The lowest BCUT2D eigenvalue weighted by Gasteiger charge is -2.22. The van der Waals surface area contributed by atoms with Crippen LogP contribution in [0.4, 0.5) is 0 Å². The van der Waals surface area contributed by atoms with Crippen LogP contribution in [0.3, 0.4) is 0 Å². The number of hydrogen-bond donors (Lipinski definition) is 2. The van der Waals surface area contributed by atoms with Gasteiger partial charge in [0.2, 0.25) is 0 Å². The summed E-state index contributed by atoms with van der Waals surface area (Å²) in [5.41, 5.74) is 0.440. The van der Waals surface area contributed by atoms with E-state index in [1.54, 1.807) is 18.2 Å². The molecule has 1 aromatic carbocycles. The lowest BCUT2D eigenvalue weighted by Crippen LogP contribution is -2.22. The third kappa shape index (κ3) is 3.63. The number of benzene rings is 1. The maximum absolute atomic E-state index is 11.3. The zero-order valence-electron chi connectivity index (χ0n) is 12.1. The van der Waals surface area contributed by atoms with Crippen molar-refractivity contribution in [1.29, 1.82) is 0 Å². The Balaban J connectivity index is 3.10. The zero-order chi connectivity index (χ0) is 15.1. The van der Waals surface area contributed by atoms with E-state index in [2.05, 4.69) is 0 Å². The maximum Gasteiger partial charge on any atom is 0.309 e. The monoisotopic (exact) mass is 282 g/mol. The molecule has 0 saturated heterocycles. The van der Waals surface area contributed by atoms with Crippen molar-refractivity contribution in [3.8, 4) is 11.5 Å². The molecular formula is C15H22O5. The summed E-state index contributed by atoms with van der Waals surface area (Å²) in [6.07, 6.45) is 0.934. The Morgan fingerprint density at radius 2 is 2.00 bits per heavy atom. The van der Waals surface area contributed by atoms with E-state index in [-0.39, 0.29) is 0 Å². The molecule has 0 amide bonds. The molecule has 20 heavy (non-hydrogen) atoms. The van der Waals surface area contributed by atoms with Gasteiger partial charge in [0.15, 0.2) is 11.5 Å². The number of aliphatic hydroxyl groups is 1. The van der Waals surface area contributed by atoms with E-state index in [4.69, 9.17) is 9.47 Å². The van der Waals surface area contributed by atoms with Crippen LogP contribution in [-0.2, 0) is 4.79 Å². The number of ether oxygens (including phenoxy) is 2. The van der Waals surface area contributed by atoms with Crippen molar-refractivity contribution in [2.24, 2.45) is 5.92 Å². The summed E-state index contributed by atoms with van der Waals surface area (Å²) in [7, 11) is 2.97. The van der Waals surface area contributed by atoms with Crippen LogP contribution in [0.1, 0.15) is 37.9 Å². The number of unbranched alkanes of at least 4 members (excludes halogenated alkanes) is 1. The summed E-state index contributed by atoms with van der Waals surface area (Å²) < 4.78 is 10.4. The summed E-state index contributed by atoms with van der Waals surface area (Å²) in [5, 5.41) is 19.7. The number of para-hydroxylation sites is 1. The summed E-state index contributed by atoms with van der Waals surface area (Å²) in [5.74, 6) is -0.999. The number of aliphatic hydroxyl groups excluding tert-OH is 1. The van der Waals surface area contributed by atoms with Crippen molar-refractivity contribution < 1.29 is 24.5 Å². The Hall–Kier alpha value is -1.75. The lowest BCUT2D eigenvalue weighted by atomic mass is 9.90. The summed E-state index contributed by atoms with van der Waals surface area (Å²) in [6, 6.07) is 5.07. The van der Waals surface area contributed by atoms with E-state index in [1.807, 2.05) is 6.92 Å². The Bertz CT molecular complexity index is 444. The van der Waals surface area contributed by atoms with Crippen molar-refractivity contribution in [2.45, 2.75) is 32.3 Å². The van der Waals surface area contributed by atoms with E-state index in [0.29, 0.717) is 23.5 Å². The molecule has 0 aliphatic carbocycles. The van der Waals surface area contributed by atoms with Crippen LogP contribution in [-0.4, -0.2) is 30.4 Å². The number of hydrogen-bond acceptors (Lipinski definition) is 4. The fraction of sp³-hybridized carbons (Fsp3) is 0.533. The zero-order valence-corrected chi connectivity index (χ0v) is 12.1. The third-order valence-electron chi connectivity index (χ3n) is 3.32. The molecule has 112 valence electrons. The van der Waals surface area contributed by atoms with Crippen LogP contribution in [0.2, 0.25) is 0 Å². The molecule has 2 unspecified atom stereocenters. The van der Waals surface area contributed by atoms with Gasteiger partial charge in [-0.15, -0.1) is 0 Å². The molecule has 5 nitrogen and oxygen atoms in total. The molecule has 5 heteroatoms. The normalized spacial score (nSPS) is 13.6. The second kappa shape index (κ2) is 7.75. The van der Waals surface area contributed by atoms with Crippen LogP contribution >= 0.6 is 0 Å². The summed E-state index contributed by atoms with van der Waals surface area (Å²) >= 11 is 0. The molecule has 0 bridgehead atoms. The summed E-state index contributed by atoms with van der Waals surface area (Å²) in [4.78, 5) is 11.3. The van der Waals surface area contributed by atoms with Crippen LogP contribution < -0.4 is 9.47 Å². The minimum absolute atomic E-state index is 0.380. The molecule has 0 aliphatic rings. The number of carboxylic acid groups (broad SMARTS) is 1.